The predicted octanol–water partition coefficient (Wildman–Crippen LogP) is 2.17. The molecule has 26 heavy (non-hydrogen) atoms. The Balaban J connectivity index is 2.06. The van der Waals surface area contributed by atoms with E-state index >= 15 is 0 Å². The van der Waals surface area contributed by atoms with Crippen molar-refractivity contribution >= 4 is 31.9 Å². The molecule has 0 spiro atoms. The quantitative estimate of drug-likeness (QED) is 0.665. The zero-order valence-electron chi connectivity index (χ0n) is 15.4. The molecule has 1 aliphatic rings. The van der Waals surface area contributed by atoms with Gasteiger partial charge in [-0.05, 0) is 36.6 Å². The minimum atomic E-state index is -3.35. The van der Waals surface area contributed by atoms with Crippen molar-refractivity contribution in [3.05, 3.63) is 34.3 Å². The third-order valence-corrected chi connectivity index (χ3v) is 6.82. The Kier molecular flexibility index (Phi) is 8.06. The topological polar surface area (TPSA) is 69.7 Å². The summed E-state index contributed by atoms with van der Waals surface area (Å²) in [7, 11) is -3.35. The number of benzene rings is 1. The summed E-state index contributed by atoms with van der Waals surface area (Å²) < 4.78 is 27.6. The number of carbonyl (C=O) groups is 1. The number of carbonyl (C=O) groups excluding carboxylic acids is 1. The summed E-state index contributed by atoms with van der Waals surface area (Å²) in [5, 5.41) is 3.15. The second-order valence-corrected chi connectivity index (χ2v) is 9.95. The van der Waals surface area contributed by atoms with Crippen LogP contribution in [-0.2, 0) is 10.0 Å². The van der Waals surface area contributed by atoms with Gasteiger partial charge in [-0.1, -0.05) is 29.8 Å². The zero-order valence-corrected chi connectivity index (χ0v) is 17.9. The Labute approximate surface area is 165 Å². The first-order chi connectivity index (χ1) is 12.3. The first-order valence-corrected chi connectivity index (χ1v) is 11.4. The van der Waals surface area contributed by atoms with Crippen molar-refractivity contribution in [3.63, 3.8) is 0 Å². The maximum atomic E-state index is 12.9. The molecule has 1 heterocycles. The maximum Gasteiger partial charge on any atom is 0.253 e. The van der Waals surface area contributed by atoms with Gasteiger partial charge in [-0.15, -0.1) is 0 Å². The Morgan fingerprint density at radius 2 is 1.81 bits per heavy atom. The molecule has 0 bridgehead atoms. The van der Waals surface area contributed by atoms with E-state index in [1.165, 1.54) is 4.31 Å². The van der Waals surface area contributed by atoms with Crippen LogP contribution in [0.4, 0.5) is 0 Å². The van der Waals surface area contributed by atoms with Crippen LogP contribution in [0.1, 0.15) is 30.6 Å². The molecule has 6 nitrogen and oxygen atoms in total. The van der Waals surface area contributed by atoms with Crippen molar-refractivity contribution in [2.75, 3.05) is 45.0 Å². The molecule has 0 radical (unpaired) electrons. The molecule has 0 saturated carbocycles. The van der Waals surface area contributed by atoms with E-state index in [0.717, 1.165) is 10.9 Å². The van der Waals surface area contributed by atoms with Gasteiger partial charge in [0, 0.05) is 49.3 Å². The first kappa shape index (κ1) is 21.3. The highest BCUT2D eigenvalue weighted by Gasteiger charge is 2.26. The second kappa shape index (κ2) is 9.82. The molecule has 1 saturated heterocycles. The maximum absolute atomic E-state index is 12.9. The van der Waals surface area contributed by atoms with E-state index in [9.17, 15) is 13.2 Å². The molecule has 1 aromatic rings. The summed E-state index contributed by atoms with van der Waals surface area (Å²) in [6.45, 7) is 7.31. The largest absolute Gasteiger partial charge is 0.338 e. The Morgan fingerprint density at radius 3 is 2.38 bits per heavy atom. The highest BCUT2D eigenvalue weighted by atomic mass is 79.9. The predicted molar refractivity (Wildman–Crippen MR) is 108 cm³/mol. The molecule has 0 atom stereocenters. The van der Waals surface area contributed by atoms with Gasteiger partial charge in [0.05, 0.1) is 5.75 Å². The van der Waals surface area contributed by atoms with Crippen LogP contribution in [0.25, 0.3) is 0 Å². The third kappa shape index (κ3) is 6.33. The van der Waals surface area contributed by atoms with Gasteiger partial charge >= 0.3 is 0 Å². The summed E-state index contributed by atoms with van der Waals surface area (Å²) in [5.41, 5.74) is 0.580. The van der Waals surface area contributed by atoms with E-state index in [4.69, 9.17) is 0 Å². The fourth-order valence-electron chi connectivity index (χ4n) is 2.78. The fraction of sp³-hybridized carbons (Fsp3) is 0.611. The van der Waals surface area contributed by atoms with Crippen molar-refractivity contribution in [1.82, 2.24) is 14.5 Å². The molecular formula is C18H28BrN3O3S. The Morgan fingerprint density at radius 1 is 1.19 bits per heavy atom. The molecule has 0 aromatic heterocycles. The molecule has 8 heteroatoms. The van der Waals surface area contributed by atoms with Crippen LogP contribution in [0.15, 0.2) is 28.7 Å². The van der Waals surface area contributed by atoms with Gasteiger partial charge < -0.3 is 10.2 Å². The lowest BCUT2D eigenvalue weighted by Gasteiger charge is -2.29. The Hall–Kier alpha value is -0.960. The van der Waals surface area contributed by atoms with Crippen LogP contribution < -0.4 is 5.32 Å². The van der Waals surface area contributed by atoms with E-state index in [0.29, 0.717) is 44.2 Å². The number of nitrogens with zero attached hydrogens (tertiary/aromatic N) is 2. The van der Waals surface area contributed by atoms with Gasteiger partial charge in [-0.25, -0.2) is 8.42 Å². The third-order valence-electron chi connectivity index (χ3n) is 4.44. The number of halogens is 1. The summed E-state index contributed by atoms with van der Waals surface area (Å²) >= 11 is 3.37. The molecule has 0 unspecified atom stereocenters. The van der Waals surface area contributed by atoms with Crippen LogP contribution >= 0.6 is 15.9 Å². The van der Waals surface area contributed by atoms with Gasteiger partial charge in [0.15, 0.2) is 0 Å². The minimum Gasteiger partial charge on any atom is -0.338 e. The van der Waals surface area contributed by atoms with Gasteiger partial charge in [0.2, 0.25) is 10.0 Å². The monoisotopic (exact) mass is 445 g/mol. The van der Waals surface area contributed by atoms with Crippen molar-refractivity contribution in [1.29, 1.82) is 0 Å². The van der Waals surface area contributed by atoms with Crippen LogP contribution in [0.5, 0.6) is 0 Å². The molecule has 146 valence electrons. The average molecular weight is 446 g/mol. The molecule has 0 aliphatic carbocycles. The normalized spacial score (nSPS) is 16.0. The van der Waals surface area contributed by atoms with Crippen LogP contribution in [-0.4, -0.2) is 68.6 Å². The van der Waals surface area contributed by atoms with Crippen molar-refractivity contribution < 1.29 is 13.2 Å². The van der Waals surface area contributed by atoms with Crippen LogP contribution in [0.3, 0.4) is 0 Å². The number of amides is 1. The molecule has 1 aliphatic heterocycles. The van der Waals surface area contributed by atoms with E-state index in [1.54, 1.807) is 17.0 Å². The molecule has 2 rings (SSSR count). The summed E-state index contributed by atoms with van der Waals surface area (Å²) in [5.74, 6) is 0.293. The van der Waals surface area contributed by atoms with E-state index < -0.39 is 10.0 Å². The van der Waals surface area contributed by atoms with Gasteiger partial charge in [-0.3, -0.25) is 4.79 Å². The smallest absolute Gasteiger partial charge is 0.253 e. The van der Waals surface area contributed by atoms with E-state index in [1.807, 2.05) is 12.1 Å². The molecular weight excluding hydrogens is 418 g/mol. The SMILES string of the molecule is CC(C)CCN(CCS(=O)(=O)N1CCNCC1)C(=O)c1ccc(Br)cc1. The summed E-state index contributed by atoms with van der Waals surface area (Å²) in [6.07, 6.45) is 0.843. The second-order valence-electron chi connectivity index (χ2n) is 6.95. The number of rotatable bonds is 8. The molecule has 1 aromatic carbocycles. The zero-order chi connectivity index (χ0) is 19.2. The molecule has 1 amide bonds. The van der Waals surface area contributed by atoms with Crippen molar-refractivity contribution in [3.8, 4) is 0 Å². The minimum absolute atomic E-state index is 0.0344. The standard InChI is InChI=1S/C18H28BrN3O3S/c1-15(2)7-10-21(18(23)16-3-5-17(19)6-4-16)13-14-26(24,25)22-11-8-20-9-12-22/h3-6,15,20H,7-14H2,1-2H3. The highest BCUT2D eigenvalue weighted by Crippen LogP contribution is 2.14. The van der Waals surface area contributed by atoms with E-state index in [-0.39, 0.29) is 18.2 Å². The number of hydrogen-bond acceptors (Lipinski definition) is 4. The lowest BCUT2D eigenvalue weighted by molar-refractivity contribution is 0.0758. The highest BCUT2D eigenvalue weighted by molar-refractivity contribution is 9.10. The molecule has 1 N–H and O–H groups in total. The van der Waals surface area contributed by atoms with Crippen molar-refractivity contribution in [2.45, 2.75) is 20.3 Å². The summed E-state index contributed by atoms with van der Waals surface area (Å²) in [6, 6.07) is 7.18. The van der Waals surface area contributed by atoms with Crippen LogP contribution in [0.2, 0.25) is 0 Å². The van der Waals surface area contributed by atoms with Gasteiger partial charge in [-0.2, -0.15) is 4.31 Å². The van der Waals surface area contributed by atoms with Gasteiger partial charge in [0.1, 0.15) is 0 Å². The summed E-state index contributed by atoms with van der Waals surface area (Å²) in [4.78, 5) is 14.5. The number of nitrogens with one attached hydrogen (secondary N) is 1. The molecule has 1 fully saturated rings. The lowest BCUT2D eigenvalue weighted by Crippen LogP contribution is -2.48. The fourth-order valence-corrected chi connectivity index (χ4v) is 4.49. The number of sulfonamides is 1. The first-order valence-electron chi connectivity index (χ1n) is 9.03. The van der Waals surface area contributed by atoms with E-state index in [2.05, 4.69) is 35.1 Å². The lowest BCUT2D eigenvalue weighted by atomic mass is 10.1. The number of hydrogen-bond donors (Lipinski definition) is 1. The number of piperazine rings is 1. The Bertz CT molecular complexity index is 686. The van der Waals surface area contributed by atoms with Crippen molar-refractivity contribution in [2.24, 2.45) is 5.92 Å². The van der Waals surface area contributed by atoms with Crippen LogP contribution in [0, 0.1) is 5.92 Å². The average Bonchev–Trinajstić information content (AvgIpc) is 2.62. The van der Waals surface area contributed by atoms with Gasteiger partial charge in [0.25, 0.3) is 5.91 Å².